The van der Waals surface area contributed by atoms with Gasteiger partial charge in [0.1, 0.15) is 0 Å². The number of morpholine rings is 1. The molecule has 1 atom stereocenters. The molecule has 0 aromatic carbocycles. The molecule has 0 spiro atoms. The van der Waals surface area contributed by atoms with E-state index in [-0.39, 0.29) is 11.9 Å². The minimum Gasteiger partial charge on any atom is -0.378 e. The maximum atomic E-state index is 12.1. The first kappa shape index (κ1) is 20.6. The van der Waals surface area contributed by atoms with Crippen molar-refractivity contribution in [1.82, 2.24) is 34.4 Å². The van der Waals surface area contributed by atoms with Crippen LogP contribution in [0, 0.1) is 5.92 Å². The van der Waals surface area contributed by atoms with E-state index in [4.69, 9.17) is 20.4 Å². The highest BCUT2D eigenvalue weighted by Gasteiger charge is 2.27. The van der Waals surface area contributed by atoms with Gasteiger partial charge < -0.3 is 24.8 Å². The Balaban J connectivity index is 1.51. The second kappa shape index (κ2) is 8.65. The number of fused-ring (bicyclic) bond motifs is 1. The molecule has 2 aliphatic rings. The topological polar surface area (TPSA) is 128 Å². The summed E-state index contributed by atoms with van der Waals surface area (Å²) in [5.74, 6) is 2.12. The molecule has 0 radical (unpaired) electrons. The smallest absolute Gasteiger partial charge is 0.222 e. The molecule has 2 fully saturated rings. The van der Waals surface area contributed by atoms with Crippen LogP contribution >= 0.6 is 0 Å². The first-order valence-electron chi connectivity index (χ1n) is 11.0. The zero-order valence-corrected chi connectivity index (χ0v) is 18.1. The third-order valence-corrected chi connectivity index (χ3v) is 6.08. The Labute approximate surface area is 185 Å². The van der Waals surface area contributed by atoms with Crippen molar-refractivity contribution in [3.05, 3.63) is 18.7 Å². The van der Waals surface area contributed by atoms with Crippen LogP contribution in [-0.4, -0.2) is 79.7 Å². The Morgan fingerprint density at radius 1 is 1.16 bits per heavy atom. The van der Waals surface area contributed by atoms with E-state index in [1.54, 1.807) is 12.4 Å². The molecular weight excluding hydrogens is 410 g/mol. The van der Waals surface area contributed by atoms with E-state index in [1.165, 1.54) is 0 Å². The summed E-state index contributed by atoms with van der Waals surface area (Å²) in [4.78, 5) is 38.7. The van der Waals surface area contributed by atoms with E-state index in [1.807, 2.05) is 18.2 Å². The molecule has 2 aliphatic heterocycles. The highest BCUT2D eigenvalue weighted by molar-refractivity contribution is 5.85. The molecule has 11 nitrogen and oxygen atoms in total. The number of carbonyl (C=O) groups excluding carboxylic acids is 1. The second-order valence-electron chi connectivity index (χ2n) is 8.22. The summed E-state index contributed by atoms with van der Waals surface area (Å²) in [7, 11) is 0. The number of ether oxygens (including phenoxy) is 1. The van der Waals surface area contributed by atoms with Crippen molar-refractivity contribution in [1.29, 1.82) is 0 Å². The molecule has 0 aliphatic carbocycles. The first-order chi connectivity index (χ1) is 15.6. The molecule has 1 amide bonds. The summed E-state index contributed by atoms with van der Waals surface area (Å²) in [6.07, 6.45) is 6.63. The number of nitrogen functional groups attached to an aromatic ring is 1. The van der Waals surface area contributed by atoms with Gasteiger partial charge in [0.25, 0.3) is 0 Å². The van der Waals surface area contributed by atoms with Gasteiger partial charge in [-0.1, -0.05) is 6.92 Å². The van der Waals surface area contributed by atoms with Crippen molar-refractivity contribution < 1.29 is 9.53 Å². The fourth-order valence-corrected chi connectivity index (χ4v) is 4.35. The third-order valence-electron chi connectivity index (χ3n) is 6.08. The Kier molecular flexibility index (Phi) is 5.56. The second-order valence-corrected chi connectivity index (χ2v) is 8.22. The summed E-state index contributed by atoms with van der Waals surface area (Å²) < 4.78 is 7.59. The average Bonchev–Trinajstić information content (AvgIpc) is 3.47. The molecule has 11 heteroatoms. The first-order valence-corrected chi connectivity index (χ1v) is 11.0. The van der Waals surface area contributed by atoms with E-state index in [0.29, 0.717) is 36.9 Å². The van der Waals surface area contributed by atoms with Crippen LogP contribution in [0.2, 0.25) is 0 Å². The van der Waals surface area contributed by atoms with Gasteiger partial charge in [-0.25, -0.2) is 24.9 Å². The maximum Gasteiger partial charge on any atom is 0.222 e. The van der Waals surface area contributed by atoms with Gasteiger partial charge in [0.05, 0.1) is 25.1 Å². The van der Waals surface area contributed by atoms with E-state index < -0.39 is 0 Å². The van der Waals surface area contributed by atoms with Crippen LogP contribution in [-0.2, 0) is 16.1 Å². The number of hydrogen-bond donors (Lipinski definition) is 1. The Hall–Kier alpha value is -3.34. The largest absolute Gasteiger partial charge is 0.378 e. The van der Waals surface area contributed by atoms with Crippen molar-refractivity contribution in [2.45, 2.75) is 26.3 Å². The van der Waals surface area contributed by atoms with Crippen LogP contribution in [0.5, 0.6) is 0 Å². The van der Waals surface area contributed by atoms with Gasteiger partial charge in [-0.05, 0) is 12.3 Å². The predicted octanol–water partition coefficient (Wildman–Crippen LogP) is 0.961. The molecule has 0 saturated carbocycles. The number of nitrogens with zero attached hydrogens (tertiary/aromatic N) is 8. The molecule has 0 bridgehead atoms. The SMILES string of the molecule is CCC(=O)N1CCC(Cn2cnc3c(N4CCOCC4)nc(-c4cnc(N)nc4)nc32)C1. The summed E-state index contributed by atoms with van der Waals surface area (Å²) in [6, 6.07) is 0. The number of imidazole rings is 1. The fourth-order valence-electron chi connectivity index (χ4n) is 4.35. The zero-order valence-electron chi connectivity index (χ0n) is 18.1. The molecule has 3 aromatic heterocycles. The minimum atomic E-state index is 0.209. The minimum absolute atomic E-state index is 0.209. The van der Waals surface area contributed by atoms with E-state index >= 15 is 0 Å². The Bertz CT molecular complexity index is 1110. The molecule has 1 unspecified atom stereocenters. The van der Waals surface area contributed by atoms with Crippen molar-refractivity contribution in [3.8, 4) is 11.4 Å². The molecule has 5 rings (SSSR count). The average molecular weight is 438 g/mol. The fraction of sp³-hybridized carbons (Fsp3) is 0.524. The lowest BCUT2D eigenvalue weighted by Crippen LogP contribution is -2.37. The summed E-state index contributed by atoms with van der Waals surface area (Å²) in [5.41, 5.74) is 7.90. The van der Waals surface area contributed by atoms with Crippen LogP contribution in [0.3, 0.4) is 0 Å². The summed E-state index contributed by atoms with van der Waals surface area (Å²) >= 11 is 0. The van der Waals surface area contributed by atoms with Gasteiger partial charge in [0, 0.05) is 51.5 Å². The number of hydrogen-bond acceptors (Lipinski definition) is 9. The van der Waals surface area contributed by atoms with Gasteiger partial charge in [-0.3, -0.25) is 4.79 Å². The molecule has 168 valence electrons. The number of rotatable bonds is 5. The Morgan fingerprint density at radius 2 is 1.94 bits per heavy atom. The van der Waals surface area contributed by atoms with Crippen molar-refractivity contribution in [2.24, 2.45) is 5.92 Å². The lowest BCUT2D eigenvalue weighted by atomic mass is 10.1. The lowest BCUT2D eigenvalue weighted by Gasteiger charge is -2.28. The van der Waals surface area contributed by atoms with Crippen LogP contribution in [0.15, 0.2) is 18.7 Å². The normalized spacial score (nSPS) is 19.1. The summed E-state index contributed by atoms with van der Waals surface area (Å²) in [6.45, 7) is 7.03. The van der Waals surface area contributed by atoms with E-state index in [2.05, 4.69) is 24.4 Å². The number of anilines is 2. The lowest BCUT2D eigenvalue weighted by molar-refractivity contribution is -0.129. The van der Waals surface area contributed by atoms with Crippen LogP contribution < -0.4 is 10.6 Å². The highest BCUT2D eigenvalue weighted by Crippen LogP contribution is 2.28. The van der Waals surface area contributed by atoms with Gasteiger partial charge in [-0.15, -0.1) is 0 Å². The van der Waals surface area contributed by atoms with E-state index in [0.717, 1.165) is 56.1 Å². The predicted molar refractivity (Wildman–Crippen MR) is 119 cm³/mol. The van der Waals surface area contributed by atoms with Gasteiger partial charge in [0.2, 0.25) is 11.9 Å². The Morgan fingerprint density at radius 3 is 2.69 bits per heavy atom. The number of aromatic nitrogens is 6. The molecule has 3 aromatic rings. The van der Waals surface area contributed by atoms with Crippen molar-refractivity contribution in [2.75, 3.05) is 50.0 Å². The van der Waals surface area contributed by atoms with Crippen molar-refractivity contribution >= 4 is 28.8 Å². The highest BCUT2D eigenvalue weighted by atomic mass is 16.5. The van der Waals surface area contributed by atoms with Crippen LogP contribution in [0.1, 0.15) is 19.8 Å². The molecule has 5 heterocycles. The van der Waals surface area contributed by atoms with Gasteiger partial charge in [0.15, 0.2) is 22.8 Å². The molecule has 2 saturated heterocycles. The van der Waals surface area contributed by atoms with Gasteiger partial charge in [-0.2, -0.15) is 0 Å². The monoisotopic (exact) mass is 437 g/mol. The maximum absolute atomic E-state index is 12.1. The quantitative estimate of drug-likeness (QED) is 0.620. The number of likely N-dealkylation sites (tertiary alicyclic amines) is 1. The van der Waals surface area contributed by atoms with Crippen LogP contribution in [0.25, 0.3) is 22.6 Å². The van der Waals surface area contributed by atoms with Crippen LogP contribution in [0.4, 0.5) is 11.8 Å². The summed E-state index contributed by atoms with van der Waals surface area (Å²) in [5, 5.41) is 0. The molecule has 2 N–H and O–H groups in total. The number of carbonyl (C=O) groups is 1. The van der Waals surface area contributed by atoms with E-state index in [9.17, 15) is 4.79 Å². The zero-order chi connectivity index (χ0) is 22.1. The number of amides is 1. The van der Waals surface area contributed by atoms with Gasteiger partial charge >= 0.3 is 0 Å². The number of nitrogens with two attached hydrogens (primary N) is 1. The van der Waals surface area contributed by atoms with Crippen molar-refractivity contribution in [3.63, 3.8) is 0 Å². The standard InChI is InChI=1S/C21H27N9O2/c1-2-16(31)29-4-3-14(11-29)12-30-13-25-17-19(28-5-7-32-8-6-28)26-18(27-20(17)30)15-9-23-21(22)24-10-15/h9-10,13-14H,2-8,11-12H2,1H3,(H2,22,23,24). The molecular formula is C21H27N9O2. The third kappa shape index (κ3) is 3.95. The molecule has 32 heavy (non-hydrogen) atoms.